The first kappa shape index (κ1) is 17.1. The number of carbonyl (C=O) groups excluding carboxylic acids is 1. The molecule has 0 unspecified atom stereocenters. The first-order valence-corrected chi connectivity index (χ1v) is 9.35. The number of carboxylic acids is 1. The summed E-state index contributed by atoms with van der Waals surface area (Å²) in [5.74, 6) is -0.832. The van der Waals surface area contributed by atoms with Crippen LogP contribution in [0.25, 0.3) is 0 Å². The molecule has 1 aromatic carbocycles. The number of allylic oxidation sites excluding steroid dienone is 2. The lowest BCUT2D eigenvalue weighted by atomic mass is 9.77. The van der Waals surface area contributed by atoms with E-state index in [0.717, 1.165) is 31.2 Å². The fourth-order valence-electron chi connectivity index (χ4n) is 4.73. The molecule has 138 valence electrons. The molecule has 2 atom stereocenters. The zero-order chi connectivity index (χ0) is 18.3. The Morgan fingerprint density at radius 1 is 1.15 bits per heavy atom. The number of rotatable bonds is 4. The number of aliphatic carboxylic acids is 1. The highest BCUT2D eigenvalue weighted by molar-refractivity contribution is 6.02. The van der Waals surface area contributed by atoms with Crippen LogP contribution in [0, 0.1) is 11.8 Å². The van der Waals surface area contributed by atoms with Gasteiger partial charge in [-0.1, -0.05) is 12.2 Å². The highest BCUT2D eigenvalue weighted by Gasteiger charge is 2.45. The molecule has 1 spiro atoms. The molecule has 1 saturated carbocycles. The van der Waals surface area contributed by atoms with E-state index >= 15 is 0 Å². The molecule has 3 aliphatic rings. The number of carbonyl (C=O) groups is 2. The van der Waals surface area contributed by atoms with E-state index in [0.29, 0.717) is 36.3 Å². The highest BCUT2D eigenvalue weighted by Crippen LogP contribution is 2.50. The van der Waals surface area contributed by atoms with Crippen molar-refractivity contribution in [3.05, 3.63) is 35.4 Å². The van der Waals surface area contributed by atoms with E-state index in [-0.39, 0.29) is 11.4 Å². The number of Topliss-reactive ketones (excluding diaryl/α,β-unsaturated/α-hetero) is 1. The highest BCUT2D eigenvalue weighted by atomic mass is 16.5. The van der Waals surface area contributed by atoms with Gasteiger partial charge in [-0.3, -0.25) is 9.59 Å². The summed E-state index contributed by atoms with van der Waals surface area (Å²) in [6.07, 6.45) is 9.61. The van der Waals surface area contributed by atoms with Crippen LogP contribution < -0.4 is 9.47 Å². The summed E-state index contributed by atoms with van der Waals surface area (Å²) in [5, 5.41) is 9.52. The van der Waals surface area contributed by atoms with E-state index in [9.17, 15) is 14.7 Å². The van der Waals surface area contributed by atoms with Crippen molar-refractivity contribution in [3.8, 4) is 11.5 Å². The van der Waals surface area contributed by atoms with E-state index in [1.165, 1.54) is 0 Å². The van der Waals surface area contributed by atoms with Crippen molar-refractivity contribution in [2.75, 3.05) is 7.11 Å². The normalized spacial score (nSPS) is 25.7. The van der Waals surface area contributed by atoms with Crippen molar-refractivity contribution >= 4 is 11.8 Å². The smallest absolute Gasteiger partial charge is 0.307 e. The topological polar surface area (TPSA) is 72.8 Å². The second-order valence-corrected chi connectivity index (χ2v) is 7.65. The Kier molecular flexibility index (Phi) is 4.25. The lowest BCUT2D eigenvalue weighted by Gasteiger charge is -2.24. The Balaban J connectivity index is 1.72. The Labute approximate surface area is 153 Å². The van der Waals surface area contributed by atoms with Crippen molar-refractivity contribution in [2.24, 2.45) is 11.8 Å². The summed E-state index contributed by atoms with van der Waals surface area (Å²) < 4.78 is 11.8. The van der Waals surface area contributed by atoms with E-state index < -0.39 is 17.8 Å². The Hall–Kier alpha value is -2.30. The number of hydrogen-bond donors (Lipinski definition) is 1. The maximum atomic E-state index is 13.3. The number of ether oxygens (including phenoxy) is 2. The van der Waals surface area contributed by atoms with Crippen molar-refractivity contribution < 1.29 is 24.2 Å². The van der Waals surface area contributed by atoms with Crippen LogP contribution in [0.3, 0.4) is 0 Å². The largest absolute Gasteiger partial charge is 0.493 e. The van der Waals surface area contributed by atoms with Crippen LogP contribution in [0.15, 0.2) is 24.3 Å². The third-order valence-electron chi connectivity index (χ3n) is 6.13. The zero-order valence-electron chi connectivity index (χ0n) is 15.0. The quantitative estimate of drug-likeness (QED) is 0.656. The average molecular weight is 356 g/mol. The molecule has 5 heteroatoms. The minimum atomic E-state index is -0.902. The maximum absolute atomic E-state index is 13.3. The Morgan fingerprint density at radius 2 is 1.85 bits per heavy atom. The lowest BCUT2D eigenvalue weighted by Crippen LogP contribution is -2.32. The zero-order valence-corrected chi connectivity index (χ0v) is 15.0. The standard InChI is InChI=1S/C21H24O5/c1-25-17-9-8-14(16-12-21(26-19(16)17)10-4-5-11-21)18(22)13-6-2-3-7-15(13)20(23)24/h2-3,8-9,13,15H,4-7,10-12H2,1H3,(H,23,24)/t13-,15+/m1/s1. The third-order valence-corrected chi connectivity index (χ3v) is 6.13. The summed E-state index contributed by atoms with van der Waals surface area (Å²) in [6.45, 7) is 0. The fourth-order valence-corrected chi connectivity index (χ4v) is 4.73. The Morgan fingerprint density at radius 3 is 2.50 bits per heavy atom. The molecule has 0 aromatic heterocycles. The number of carboxylic acid groups (broad SMARTS) is 1. The molecule has 1 aliphatic heterocycles. The molecule has 0 radical (unpaired) electrons. The van der Waals surface area contributed by atoms with Crippen molar-refractivity contribution in [1.29, 1.82) is 0 Å². The first-order valence-electron chi connectivity index (χ1n) is 9.35. The fraction of sp³-hybridized carbons (Fsp3) is 0.524. The molecular weight excluding hydrogens is 332 g/mol. The van der Waals surface area contributed by atoms with Crippen molar-refractivity contribution in [2.45, 2.75) is 50.5 Å². The molecule has 1 N–H and O–H groups in total. The SMILES string of the molecule is COc1ccc(C(=O)[C@@H]2CC=CC[C@@H]2C(=O)O)c2c1OC1(CCCC1)C2. The van der Waals surface area contributed by atoms with E-state index in [1.807, 2.05) is 12.2 Å². The monoisotopic (exact) mass is 356 g/mol. The average Bonchev–Trinajstić information content (AvgIpc) is 3.26. The van der Waals surface area contributed by atoms with Gasteiger partial charge in [-0.2, -0.15) is 0 Å². The molecule has 5 nitrogen and oxygen atoms in total. The number of hydrogen-bond acceptors (Lipinski definition) is 4. The second-order valence-electron chi connectivity index (χ2n) is 7.65. The molecule has 26 heavy (non-hydrogen) atoms. The maximum Gasteiger partial charge on any atom is 0.307 e. The van der Waals surface area contributed by atoms with Gasteiger partial charge in [0.1, 0.15) is 5.60 Å². The predicted molar refractivity (Wildman–Crippen MR) is 95.8 cm³/mol. The van der Waals surface area contributed by atoms with E-state index in [1.54, 1.807) is 19.2 Å². The number of benzene rings is 1. The molecule has 1 fully saturated rings. The second kappa shape index (κ2) is 6.45. The van der Waals surface area contributed by atoms with Gasteiger partial charge < -0.3 is 14.6 Å². The minimum absolute atomic E-state index is 0.0840. The summed E-state index contributed by atoms with van der Waals surface area (Å²) in [7, 11) is 1.60. The molecule has 0 bridgehead atoms. The van der Waals surface area contributed by atoms with Gasteiger partial charge in [0.05, 0.1) is 13.0 Å². The van der Waals surface area contributed by atoms with Crippen molar-refractivity contribution in [3.63, 3.8) is 0 Å². The van der Waals surface area contributed by atoms with Gasteiger partial charge in [0.25, 0.3) is 0 Å². The van der Waals surface area contributed by atoms with Gasteiger partial charge in [-0.15, -0.1) is 0 Å². The van der Waals surface area contributed by atoms with Crippen LogP contribution in [0.4, 0.5) is 0 Å². The molecule has 1 heterocycles. The molecule has 1 aromatic rings. The number of methoxy groups -OCH3 is 1. The van der Waals surface area contributed by atoms with Gasteiger partial charge in [-0.25, -0.2) is 0 Å². The van der Waals surface area contributed by atoms with E-state index in [2.05, 4.69) is 0 Å². The van der Waals surface area contributed by atoms with Crippen molar-refractivity contribution in [1.82, 2.24) is 0 Å². The van der Waals surface area contributed by atoms with Gasteiger partial charge in [0, 0.05) is 23.5 Å². The minimum Gasteiger partial charge on any atom is -0.493 e. The molecule has 4 rings (SSSR count). The molecule has 2 aliphatic carbocycles. The number of ketones is 1. The predicted octanol–water partition coefficient (Wildman–Crippen LogP) is 3.79. The molecular formula is C21H24O5. The van der Waals surface area contributed by atoms with Crippen LogP contribution in [-0.2, 0) is 11.2 Å². The summed E-state index contributed by atoms with van der Waals surface area (Å²) >= 11 is 0. The van der Waals surface area contributed by atoms with Gasteiger partial charge >= 0.3 is 5.97 Å². The summed E-state index contributed by atoms with van der Waals surface area (Å²) in [5.41, 5.74) is 1.29. The van der Waals surface area contributed by atoms with Crippen LogP contribution >= 0.6 is 0 Å². The van der Waals surface area contributed by atoms with E-state index in [4.69, 9.17) is 9.47 Å². The molecule has 0 saturated heterocycles. The van der Waals surface area contributed by atoms with Gasteiger partial charge in [0.15, 0.2) is 17.3 Å². The van der Waals surface area contributed by atoms with Crippen LogP contribution in [0.2, 0.25) is 0 Å². The summed E-state index contributed by atoms with van der Waals surface area (Å²) in [4.78, 5) is 24.9. The van der Waals surface area contributed by atoms with Gasteiger partial charge in [0.2, 0.25) is 0 Å². The number of fused-ring (bicyclic) bond motifs is 1. The third kappa shape index (κ3) is 2.70. The van der Waals surface area contributed by atoms with Gasteiger partial charge in [-0.05, 0) is 50.7 Å². The molecule has 0 amide bonds. The lowest BCUT2D eigenvalue weighted by molar-refractivity contribution is -0.143. The van der Waals surface area contributed by atoms with Crippen LogP contribution in [0.5, 0.6) is 11.5 Å². The first-order chi connectivity index (χ1) is 12.5. The Bertz CT molecular complexity index is 773. The van der Waals surface area contributed by atoms with Crippen LogP contribution in [-0.4, -0.2) is 29.6 Å². The summed E-state index contributed by atoms with van der Waals surface area (Å²) in [6, 6.07) is 3.56. The van der Waals surface area contributed by atoms with Crippen LogP contribution in [0.1, 0.15) is 54.4 Å².